The summed E-state index contributed by atoms with van der Waals surface area (Å²) in [4.78, 5) is 21.4. The van der Waals surface area contributed by atoms with E-state index in [1.165, 1.54) is 0 Å². The van der Waals surface area contributed by atoms with Crippen LogP contribution < -0.4 is 5.32 Å². The van der Waals surface area contributed by atoms with Gasteiger partial charge in [0.25, 0.3) is 0 Å². The number of carbonyl (C=O) groups is 2. The molecule has 0 heterocycles. The first kappa shape index (κ1) is 11.0. The summed E-state index contributed by atoms with van der Waals surface area (Å²) in [6.45, 7) is 2.21. The van der Waals surface area contributed by atoms with Crippen molar-refractivity contribution in [3.8, 4) is 0 Å². The van der Waals surface area contributed by atoms with Crippen molar-refractivity contribution in [1.29, 1.82) is 0 Å². The van der Waals surface area contributed by atoms with Gasteiger partial charge in [0.2, 0.25) is 5.91 Å². The zero-order valence-corrected chi connectivity index (χ0v) is 8.06. The number of amides is 1. The second-order valence-corrected chi connectivity index (χ2v) is 3.75. The van der Waals surface area contributed by atoms with Gasteiger partial charge >= 0.3 is 5.97 Å². The van der Waals surface area contributed by atoms with Crippen molar-refractivity contribution in [2.24, 2.45) is 11.8 Å². The first-order chi connectivity index (χ1) is 6.52. The van der Waals surface area contributed by atoms with E-state index in [0.717, 1.165) is 6.42 Å². The van der Waals surface area contributed by atoms with Gasteiger partial charge in [-0.1, -0.05) is 6.92 Å². The van der Waals surface area contributed by atoms with Gasteiger partial charge in [0, 0.05) is 18.9 Å². The van der Waals surface area contributed by atoms with Crippen LogP contribution in [0.3, 0.4) is 0 Å². The Hall–Kier alpha value is -1.10. The molecule has 1 aliphatic rings. The summed E-state index contributed by atoms with van der Waals surface area (Å²) in [5.74, 6) is -0.745. The molecule has 0 bridgehead atoms. The molecule has 3 atom stereocenters. The second-order valence-electron chi connectivity index (χ2n) is 3.75. The highest BCUT2D eigenvalue weighted by atomic mass is 16.4. The van der Waals surface area contributed by atoms with Crippen LogP contribution in [0.5, 0.6) is 0 Å². The van der Waals surface area contributed by atoms with E-state index in [9.17, 15) is 9.59 Å². The third kappa shape index (κ3) is 2.99. The van der Waals surface area contributed by atoms with E-state index < -0.39 is 12.1 Å². The van der Waals surface area contributed by atoms with Crippen molar-refractivity contribution < 1.29 is 19.8 Å². The average Bonchev–Trinajstić information content (AvgIpc) is 2.82. The Balaban J connectivity index is 2.09. The predicted octanol–water partition coefficient (Wildman–Crippen LogP) is -0.406. The van der Waals surface area contributed by atoms with Gasteiger partial charge < -0.3 is 15.5 Å². The van der Waals surface area contributed by atoms with Gasteiger partial charge in [-0.15, -0.1) is 0 Å². The van der Waals surface area contributed by atoms with Crippen LogP contribution in [-0.2, 0) is 9.59 Å². The Morgan fingerprint density at radius 2 is 2.14 bits per heavy atom. The number of hydrogen-bond donors (Lipinski definition) is 3. The lowest BCUT2D eigenvalue weighted by atomic mass is 10.2. The van der Waals surface area contributed by atoms with E-state index in [1.54, 1.807) is 0 Å². The summed E-state index contributed by atoms with van der Waals surface area (Å²) in [7, 11) is 0. The minimum atomic E-state index is -1.38. The van der Waals surface area contributed by atoms with Gasteiger partial charge in [0.1, 0.15) is 0 Å². The summed E-state index contributed by atoms with van der Waals surface area (Å²) in [6, 6.07) is 0. The molecule has 5 nitrogen and oxygen atoms in total. The van der Waals surface area contributed by atoms with Crippen molar-refractivity contribution in [3.05, 3.63) is 0 Å². The highest BCUT2D eigenvalue weighted by Crippen LogP contribution is 2.37. The Morgan fingerprint density at radius 1 is 1.57 bits per heavy atom. The number of aliphatic hydroxyl groups excluding tert-OH is 1. The molecule has 0 aromatic carbocycles. The molecule has 1 rings (SSSR count). The fourth-order valence-electron chi connectivity index (χ4n) is 1.27. The standard InChI is InChI=1S/C9H15NO4/c1-5-4-6(5)8(12)10-3-2-7(11)9(13)14/h5-7,11H,2-4H2,1H3,(H,10,12)(H,13,14). The molecule has 0 radical (unpaired) electrons. The summed E-state index contributed by atoms with van der Waals surface area (Å²) in [5, 5.41) is 19.8. The summed E-state index contributed by atoms with van der Waals surface area (Å²) >= 11 is 0. The third-order valence-electron chi connectivity index (χ3n) is 2.45. The van der Waals surface area contributed by atoms with Crippen LogP contribution in [0.15, 0.2) is 0 Å². The number of carbonyl (C=O) groups excluding carboxylic acids is 1. The number of aliphatic hydroxyl groups is 1. The summed E-state index contributed by atoms with van der Waals surface area (Å²) in [5.41, 5.74) is 0. The van der Waals surface area contributed by atoms with E-state index in [4.69, 9.17) is 10.2 Å². The maximum atomic E-state index is 11.2. The minimum absolute atomic E-state index is 0.0323. The van der Waals surface area contributed by atoms with Gasteiger partial charge in [-0.3, -0.25) is 4.79 Å². The molecule has 0 aromatic heterocycles. The number of carboxylic acid groups (broad SMARTS) is 1. The maximum Gasteiger partial charge on any atom is 0.332 e. The van der Waals surface area contributed by atoms with Crippen molar-refractivity contribution in [2.45, 2.75) is 25.9 Å². The molecular formula is C9H15NO4. The number of carboxylic acids is 1. The molecule has 1 amide bonds. The molecule has 1 saturated carbocycles. The van der Waals surface area contributed by atoms with Crippen LogP contribution in [0.4, 0.5) is 0 Å². The maximum absolute atomic E-state index is 11.2. The SMILES string of the molecule is CC1CC1C(=O)NCCC(O)C(=O)O. The Labute approximate surface area is 82.1 Å². The van der Waals surface area contributed by atoms with Gasteiger partial charge in [-0.25, -0.2) is 4.79 Å². The largest absolute Gasteiger partial charge is 0.479 e. The van der Waals surface area contributed by atoms with Crippen LogP contribution in [-0.4, -0.2) is 34.7 Å². The molecule has 0 saturated heterocycles. The molecule has 1 fully saturated rings. The second kappa shape index (κ2) is 4.41. The minimum Gasteiger partial charge on any atom is -0.479 e. The van der Waals surface area contributed by atoms with Crippen LogP contribution in [0.25, 0.3) is 0 Å². The molecule has 3 unspecified atom stereocenters. The highest BCUT2D eigenvalue weighted by molar-refractivity contribution is 5.81. The van der Waals surface area contributed by atoms with Gasteiger partial charge in [0.15, 0.2) is 6.10 Å². The van der Waals surface area contributed by atoms with E-state index in [2.05, 4.69) is 5.32 Å². The molecule has 1 aliphatic carbocycles. The Morgan fingerprint density at radius 3 is 2.57 bits per heavy atom. The first-order valence-corrected chi connectivity index (χ1v) is 4.71. The summed E-state index contributed by atoms with van der Waals surface area (Å²) < 4.78 is 0. The van der Waals surface area contributed by atoms with Crippen molar-refractivity contribution in [3.63, 3.8) is 0 Å². The third-order valence-corrected chi connectivity index (χ3v) is 2.45. The fourth-order valence-corrected chi connectivity index (χ4v) is 1.27. The Kier molecular flexibility index (Phi) is 3.46. The molecule has 14 heavy (non-hydrogen) atoms. The smallest absolute Gasteiger partial charge is 0.332 e. The zero-order chi connectivity index (χ0) is 10.7. The summed E-state index contributed by atoms with van der Waals surface area (Å²) in [6.07, 6.45) is -0.415. The molecule has 0 aliphatic heterocycles. The topological polar surface area (TPSA) is 86.6 Å². The average molecular weight is 201 g/mol. The lowest BCUT2D eigenvalue weighted by Gasteiger charge is -2.06. The van der Waals surface area contributed by atoms with Crippen LogP contribution >= 0.6 is 0 Å². The normalized spacial score (nSPS) is 26.7. The van der Waals surface area contributed by atoms with E-state index in [0.29, 0.717) is 5.92 Å². The molecule has 0 spiro atoms. The van der Waals surface area contributed by atoms with Gasteiger partial charge in [-0.2, -0.15) is 0 Å². The number of nitrogens with one attached hydrogen (secondary N) is 1. The number of aliphatic carboxylic acids is 1. The van der Waals surface area contributed by atoms with E-state index in [1.807, 2.05) is 6.92 Å². The number of rotatable bonds is 5. The quantitative estimate of drug-likeness (QED) is 0.564. The Bertz CT molecular complexity index is 241. The number of hydrogen-bond acceptors (Lipinski definition) is 3. The molecular weight excluding hydrogens is 186 g/mol. The fraction of sp³-hybridized carbons (Fsp3) is 0.778. The molecule has 80 valence electrons. The van der Waals surface area contributed by atoms with Gasteiger partial charge in [-0.05, 0) is 12.3 Å². The van der Waals surface area contributed by atoms with Crippen molar-refractivity contribution in [2.75, 3.05) is 6.54 Å². The monoisotopic (exact) mass is 201 g/mol. The lowest BCUT2D eigenvalue weighted by Crippen LogP contribution is -2.31. The first-order valence-electron chi connectivity index (χ1n) is 4.71. The van der Waals surface area contributed by atoms with Crippen LogP contribution in [0.1, 0.15) is 19.8 Å². The van der Waals surface area contributed by atoms with E-state index >= 15 is 0 Å². The van der Waals surface area contributed by atoms with Crippen LogP contribution in [0, 0.1) is 11.8 Å². The molecule has 5 heteroatoms. The predicted molar refractivity (Wildman–Crippen MR) is 48.5 cm³/mol. The van der Waals surface area contributed by atoms with Crippen molar-refractivity contribution in [1.82, 2.24) is 5.32 Å². The lowest BCUT2D eigenvalue weighted by molar-refractivity contribution is -0.147. The van der Waals surface area contributed by atoms with Crippen LogP contribution in [0.2, 0.25) is 0 Å². The molecule has 0 aromatic rings. The zero-order valence-electron chi connectivity index (χ0n) is 8.06. The highest BCUT2D eigenvalue weighted by Gasteiger charge is 2.38. The van der Waals surface area contributed by atoms with Gasteiger partial charge in [0.05, 0.1) is 0 Å². The van der Waals surface area contributed by atoms with Crippen molar-refractivity contribution >= 4 is 11.9 Å². The van der Waals surface area contributed by atoms with E-state index in [-0.39, 0.29) is 24.8 Å². The molecule has 3 N–H and O–H groups in total.